The molecule has 1 N–H and O–H groups in total. The Labute approximate surface area is 93.2 Å². The second-order valence-electron chi connectivity index (χ2n) is 4.92. The van der Waals surface area contributed by atoms with Gasteiger partial charge in [-0.25, -0.2) is 0 Å². The summed E-state index contributed by atoms with van der Waals surface area (Å²) in [5, 5.41) is 3.17. The molecule has 0 saturated carbocycles. The second kappa shape index (κ2) is 6.11. The van der Waals surface area contributed by atoms with E-state index < -0.39 is 0 Å². The minimum Gasteiger partial charge on any atom is -0.341 e. The molecule has 1 aliphatic heterocycles. The highest BCUT2D eigenvalue weighted by Gasteiger charge is 2.24. The SMILES string of the molecule is CCCNCC(=O)N1CC(C)CC(C)C1. The van der Waals surface area contributed by atoms with Crippen molar-refractivity contribution in [3.8, 4) is 0 Å². The van der Waals surface area contributed by atoms with Crippen LogP contribution in [0.5, 0.6) is 0 Å². The van der Waals surface area contributed by atoms with Crippen LogP contribution in [0.15, 0.2) is 0 Å². The predicted molar refractivity (Wildman–Crippen MR) is 62.7 cm³/mol. The molecule has 0 spiro atoms. The Bertz CT molecular complexity index is 196. The van der Waals surface area contributed by atoms with Gasteiger partial charge in [-0.1, -0.05) is 20.8 Å². The number of likely N-dealkylation sites (tertiary alicyclic amines) is 1. The normalized spacial score (nSPS) is 26.7. The lowest BCUT2D eigenvalue weighted by Crippen LogP contribution is -2.46. The Morgan fingerprint density at radius 3 is 2.47 bits per heavy atom. The van der Waals surface area contributed by atoms with Gasteiger partial charge >= 0.3 is 0 Å². The van der Waals surface area contributed by atoms with E-state index in [1.807, 2.05) is 4.90 Å². The monoisotopic (exact) mass is 212 g/mol. The number of nitrogens with one attached hydrogen (secondary N) is 1. The van der Waals surface area contributed by atoms with Crippen molar-refractivity contribution in [2.24, 2.45) is 11.8 Å². The molecule has 2 unspecified atom stereocenters. The van der Waals surface area contributed by atoms with Gasteiger partial charge in [0.05, 0.1) is 6.54 Å². The number of nitrogens with zero attached hydrogens (tertiary/aromatic N) is 1. The van der Waals surface area contributed by atoms with Gasteiger partial charge < -0.3 is 10.2 Å². The topological polar surface area (TPSA) is 32.3 Å². The first-order valence-electron chi connectivity index (χ1n) is 6.12. The zero-order valence-corrected chi connectivity index (χ0v) is 10.3. The van der Waals surface area contributed by atoms with E-state index in [1.165, 1.54) is 6.42 Å². The highest BCUT2D eigenvalue weighted by atomic mass is 16.2. The standard InChI is InChI=1S/C12H24N2O/c1-4-5-13-7-12(15)14-8-10(2)6-11(3)9-14/h10-11,13H,4-9H2,1-3H3. The van der Waals surface area contributed by atoms with Gasteiger partial charge in [-0.2, -0.15) is 0 Å². The number of hydrogen-bond donors (Lipinski definition) is 1. The first-order chi connectivity index (χ1) is 7.13. The van der Waals surface area contributed by atoms with E-state index in [4.69, 9.17) is 0 Å². The number of carbonyl (C=O) groups is 1. The van der Waals surface area contributed by atoms with Crippen LogP contribution in [0, 0.1) is 11.8 Å². The summed E-state index contributed by atoms with van der Waals surface area (Å²) >= 11 is 0. The van der Waals surface area contributed by atoms with E-state index in [1.54, 1.807) is 0 Å². The number of piperidine rings is 1. The maximum Gasteiger partial charge on any atom is 0.236 e. The van der Waals surface area contributed by atoms with Crippen LogP contribution in [-0.2, 0) is 4.79 Å². The van der Waals surface area contributed by atoms with Crippen molar-refractivity contribution in [2.75, 3.05) is 26.2 Å². The lowest BCUT2D eigenvalue weighted by atomic mass is 9.92. The summed E-state index contributed by atoms with van der Waals surface area (Å²) < 4.78 is 0. The summed E-state index contributed by atoms with van der Waals surface area (Å²) in [6.07, 6.45) is 2.34. The lowest BCUT2D eigenvalue weighted by molar-refractivity contribution is -0.132. The van der Waals surface area contributed by atoms with Gasteiger partial charge in [0, 0.05) is 13.1 Å². The van der Waals surface area contributed by atoms with E-state index in [2.05, 4.69) is 26.1 Å². The Morgan fingerprint density at radius 1 is 1.33 bits per heavy atom. The van der Waals surface area contributed by atoms with Crippen molar-refractivity contribution in [3.05, 3.63) is 0 Å². The predicted octanol–water partition coefficient (Wildman–Crippen LogP) is 1.49. The first-order valence-corrected chi connectivity index (χ1v) is 6.12. The van der Waals surface area contributed by atoms with Crippen molar-refractivity contribution in [1.82, 2.24) is 10.2 Å². The number of amides is 1. The van der Waals surface area contributed by atoms with E-state index in [0.717, 1.165) is 26.1 Å². The third-order valence-corrected chi connectivity index (χ3v) is 2.92. The van der Waals surface area contributed by atoms with Gasteiger partial charge in [-0.05, 0) is 31.2 Å². The number of rotatable bonds is 4. The summed E-state index contributed by atoms with van der Waals surface area (Å²) in [6, 6.07) is 0. The molecule has 1 saturated heterocycles. The third kappa shape index (κ3) is 4.20. The van der Waals surface area contributed by atoms with Crippen LogP contribution >= 0.6 is 0 Å². The molecule has 0 aromatic heterocycles. The molecule has 1 fully saturated rings. The average molecular weight is 212 g/mol. The highest BCUT2D eigenvalue weighted by Crippen LogP contribution is 2.20. The van der Waals surface area contributed by atoms with E-state index in [-0.39, 0.29) is 5.91 Å². The molecule has 3 nitrogen and oxygen atoms in total. The molecule has 1 rings (SSSR count). The van der Waals surface area contributed by atoms with Crippen molar-refractivity contribution in [1.29, 1.82) is 0 Å². The molecule has 0 aromatic carbocycles. The molecule has 1 amide bonds. The fourth-order valence-electron chi connectivity index (χ4n) is 2.35. The van der Waals surface area contributed by atoms with Crippen molar-refractivity contribution >= 4 is 5.91 Å². The summed E-state index contributed by atoms with van der Waals surface area (Å²) in [5.41, 5.74) is 0. The number of carbonyl (C=O) groups excluding carboxylic acids is 1. The van der Waals surface area contributed by atoms with Gasteiger partial charge in [0.25, 0.3) is 0 Å². The molecule has 0 aromatic rings. The first kappa shape index (κ1) is 12.5. The maximum absolute atomic E-state index is 11.8. The molecule has 3 heteroatoms. The molecule has 2 atom stereocenters. The summed E-state index contributed by atoms with van der Waals surface area (Å²) in [5.74, 6) is 1.58. The molecule has 0 bridgehead atoms. The van der Waals surface area contributed by atoms with Crippen LogP contribution in [0.3, 0.4) is 0 Å². The molecular weight excluding hydrogens is 188 g/mol. The largest absolute Gasteiger partial charge is 0.341 e. The fourth-order valence-corrected chi connectivity index (χ4v) is 2.35. The zero-order chi connectivity index (χ0) is 11.3. The van der Waals surface area contributed by atoms with Gasteiger partial charge in [0.1, 0.15) is 0 Å². The van der Waals surface area contributed by atoms with Gasteiger partial charge in [0.15, 0.2) is 0 Å². The second-order valence-corrected chi connectivity index (χ2v) is 4.92. The van der Waals surface area contributed by atoms with Crippen LogP contribution in [0.4, 0.5) is 0 Å². The molecule has 1 aliphatic rings. The Balaban J connectivity index is 2.31. The molecular formula is C12H24N2O. The number of hydrogen-bond acceptors (Lipinski definition) is 2. The minimum atomic E-state index is 0.266. The maximum atomic E-state index is 11.8. The summed E-state index contributed by atoms with van der Waals surface area (Å²) in [6.45, 7) is 9.90. The van der Waals surface area contributed by atoms with Crippen LogP contribution < -0.4 is 5.32 Å². The summed E-state index contributed by atoms with van der Waals surface area (Å²) in [4.78, 5) is 13.8. The Hall–Kier alpha value is -0.570. The van der Waals surface area contributed by atoms with Gasteiger partial charge in [-0.15, -0.1) is 0 Å². The van der Waals surface area contributed by atoms with Crippen LogP contribution in [-0.4, -0.2) is 37.0 Å². The molecule has 15 heavy (non-hydrogen) atoms. The summed E-state index contributed by atoms with van der Waals surface area (Å²) in [7, 11) is 0. The quantitative estimate of drug-likeness (QED) is 0.716. The van der Waals surface area contributed by atoms with Crippen LogP contribution in [0.2, 0.25) is 0 Å². The smallest absolute Gasteiger partial charge is 0.236 e. The molecule has 88 valence electrons. The van der Waals surface area contributed by atoms with E-state index in [9.17, 15) is 4.79 Å². The van der Waals surface area contributed by atoms with Crippen molar-refractivity contribution in [2.45, 2.75) is 33.6 Å². The van der Waals surface area contributed by atoms with E-state index in [0.29, 0.717) is 18.4 Å². The highest BCUT2D eigenvalue weighted by molar-refractivity contribution is 5.78. The van der Waals surface area contributed by atoms with Gasteiger partial charge in [0.2, 0.25) is 5.91 Å². The lowest BCUT2D eigenvalue weighted by Gasteiger charge is -2.35. The molecule has 0 radical (unpaired) electrons. The fraction of sp³-hybridized carbons (Fsp3) is 0.917. The van der Waals surface area contributed by atoms with E-state index >= 15 is 0 Å². The van der Waals surface area contributed by atoms with Crippen LogP contribution in [0.25, 0.3) is 0 Å². The van der Waals surface area contributed by atoms with Gasteiger partial charge in [-0.3, -0.25) is 4.79 Å². The van der Waals surface area contributed by atoms with Crippen molar-refractivity contribution < 1.29 is 4.79 Å². The third-order valence-electron chi connectivity index (χ3n) is 2.92. The Kier molecular flexibility index (Phi) is 5.09. The average Bonchev–Trinajstić information content (AvgIpc) is 2.16. The zero-order valence-electron chi connectivity index (χ0n) is 10.3. The van der Waals surface area contributed by atoms with Crippen LogP contribution in [0.1, 0.15) is 33.6 Å². The molecule has 0 aliphatic carbocycles. The Morgan fingerprint density at radius 2 is 1.93 bits per heavy atom. The minimum absolute atomic E-state index is 0.266. The molecule has 1 heterocycles. The van der Waals surface area contributed by atoms with Crippen molar-refractivity contribution in [3.63, 3.8) is 0 Å².